The topological polar surface area (TPSA) is 47.3 Å². The van der Waals surface area contributed by atoms with Crippen LogP contribution >= 0.6 is 11.8 Å². The molecule has 0 bridgehead atoms. The van der Waals surface area contributed by atoms with Crippen molar-refractivity contribution in [2.75, 3.05) is 30.0 Å². The summed E-state index contributed by atoms with van der Waals surface area (Å²) in [7, 11) is 0. The Morgan fingerprint density at radius 3 is 2.67 bits per heavy atom. The van der Waals surface area contributed by atoms with Gasteiger partial charge >= 0.3 is 5.51 Å². The number of nitrogens with one attached hydrogen (secondary N) is 1. The molecule has 0 aromatic heterocycles. The first-order valence-electron chi connectivity index (χ1n) is 5.38. The Morgan fingerprint density at radius 1 is 1.33 bits per heavy atom. The molecule has 1 aromatic rings. The predicted molar refractivity (Wildman–Crippen MR) is 69.0 cm³/mol. The smallest absolute Gasteiger partial charge is 0.441 e. The number of alkyl halides is 3. The molecule has 0 heterocycles. The molecule has 0 spiro atoms. The highest BCUT2D eigenvalue weighted by atomic mass is 32.2. The number of thioether (sulfide) groups is 1. The quantitative estimate of drug-likeness (QED) is 0.620. The lowest BCUT2D eigenvalue weighted by molar-refractivity contribution is -0.0327. The zero-order valence-electron chi connectivity index (χ0n) is 9.88. The number of nitrogens with two attached hydrogens (primary N) is 1. The molecule has 0 fully saturated rings. The van der Waals surface area contributed by atoms with E-state index < -0.39 is 5.51 Å². The van der Waals surface area contributed by atoms with E-state index in [1.54, 1.807) is 18.2 Å². The Morgan fingerprint density at radius 2 is 2.06 bits per heavy atom. The van der Waals surface area contributed by atoms with Gasteiger partial charge in [0.1, 0.15) is 5.75 Å². The Hall–Kier alpha value is -1.24. The van der Waals surface area contributed by atoms with Crippen LogP contribution in [-0.2, 0) is 0 Å². The Kier molecular flexibility index (Phi) is 5.46. The van der Waals surface area contributed by atoms with Crippen molar-refractivity contribution in [1.82, 2.24) is 0 Å². The van der Waals surface area contributed by atoms with Crippen LogP contribution in [0.5, 0.6) is 5.75 Å². The average molecular weight is 280 g/mol. The van der Waals surface area contributed by atoms with Gasteiger partial charge in [-0.05, 0) is 24.8 Å². The van der Waals surface area contributed by atoms with Crippen LogP contribution in [0.2, 0.25) is 0 Å². The van der Waals surface area contributed by atoms with E-state index in [0.717, 1.165) is 0 Å². The molecule has 0 aliphatic carbocycles. The predicted octanol–water partition coefficient (Wildman–Crippen LogP) is 3.33. The van der Waals surface area contributed by atoms with Crippen molar-refractivity contribution in [3.8, 4) is 5.75 Å². The number of anilines is 2. The van der Waals surface area contributed by atoms with Crippen molar-refractivity contribution in [2.45, 2.75) is 12.4 Å². The van der Waals surface area contributed by atoms with Crippen LogP contribution in [0.25, 0.3) is 0 Å². The standard InChI is InChI=1S/C11H15F3N2OS/c1-2-17-10-6-8(15)5-9(7-10)16-3-4-18-11(12,13)14/h5-7,16H,2-4,15H2,1H3. The summed E-state index contributed by atoms with van der Waals surface area (Å²) in [5, 5.41) is 2.88. The summed E-state index contributed by atoms with van der Waals surface area (Å²) in [6.45, 7) is 2.56. The molecule has 102 valence electrons. The molecule has 0 aliphatic rings. The van der Waals surface area contributed by atoms with E-state index in [9.17, 15) is 13.2 Å². The molecule has 3 nitrogen and oxygen atoms in total. The normalized spacial score (nSPS) is 11.3. The zero-order chi connectivity index (χ0) is 13.6. The molecule has 0 saturated heterocycles. The number of hydrogen-bond donors (Lipinski definition) is 2. The summed E-state index contributed by atoms with van der Waals surface area (Å²) >= 11 is -0.0535. The second kappa shape index (κ2) is 6.63. The minimum atomic E-state index is -4.19. The second-order valence-electron chi connectivity index (χ2n) is 3.44. The molecule has 1 rings (SSSR count). The highest BCUT2D eigenvalue weighted by molar-refractivity contribution is 8.00. The van der Waals surface area contributed by atoms with Gasteiger partial charge in [0.15, 0.2) is 0 Å². The summed E-state index contributed by atoms with van der Waals surface area (Å²) < 4.78 is 41.0. The SMILES string of the molecule is CCOc1cc(N)cc(NCCSC(F)(F)F)c1. The third-order valence-electron chi connectivity index (χ3n) is 1.94. The molecule has 7 heteroatoms. The van der Waals surface area contributed by atoms with E-state index in [1.165, 1.54) is 0 Å². The lowest BCUT2D eigenvalue weighted by Gasteiger charge is -2.11. The van der Waals surface area contributed by atoms with Crippen LogP contribution in [0.4, 0.5) is 24.5 Å². The molecule has 0 radical (unpaired) electrons. The fourth-order valence-corrected chi connectivity index (χ4v) is 1.77. The van der Waals surface area contributed by atoms with E-state index >= 15 is 0 Å². The first-order chi connectivity index (χ1) is 8.40. The fourth-order valence-electron chi connectivity index (χ4n) is 1.34. The van der Waals surface area contributed by atoms with Gasteiger partial charge in [-0.25, -0.2) is 0 Å². The van der Waals surface area contributed by atoms with Gasteiger partial charge in [0.05, 0.1) is 6.61 Å². The van der Waals surface area contributed by atoms with Gasteiger partial charge in [-0.2, -0.15) is 13.2 Å². The fraction of sp³-hybridized carbons (Fsp3) is 0.455. The van der Waals surface area contributed by atoms with Crippen molar-refractivity contribution < 1.29 is 17.9 Å². The molecule has 0 saturated carbocycles. The van der Waals surface area contributed by atoms with Crippen molar-refractivity contribution in [3.05, 3.63) is 18.2 Å². The molecular formula is C11H15F3N2OS. The number of nitrogen functional groups attached to an aromatic ring is 1. The molecule has 1 aromatic carbocycles. The van der Waals surface area contributed by atoms with Gasteiger partial charge in [0, 0.05) is 35.8 Å². The largest absolute Gasteiger partial charge is 0.494 e. The van der Waals surface area contributed by atoms with E-state index in [1.807, 2.05) is 6.92 Å². The van der Waals surface area contributed by atoms with Gasteiger partial charge in [0.25, 0.3) is 0 Å². The highest BCUT2D eigenvalue weighted by Crippen LogP contribution is 2.30. The van der Waals surface area contributed by atoms with Crippen LogP contribution in [-0.4, -0.2) is 24.4 Å². The van der Waals surface area contributed by atoms with Crippen molar-refractivity contribution in [2.24, 2.45) is 0 Å². The van der Waals surface area contributed by atoms with Gasteiger partial charge in [0.2, 0.25) is 0 Å². The Labute approximate surface area is 108 Å². The number of ether oxygens (including phenoxy) is 1. The first-order valence-corrected chi connectivity index (χ1v) is 6.37. The van der Waals surface area contributed by atoms with Crippen LogP contribution in [0, 0.1) is 0 Å². The monoisotopic (exact) mass is 280 g/mol. The maximum absolute atomic E-state index is 11.9. The maximum Gasteiger partial charge on any atom is 0.441 e. The van der Waals surface area contributed by atoms with Crippen LogP contribution in [0.1, 0.15) is 6.92 Å². The lowest BCUT2D eigenvalue weighted by Crippen LogP contribution is -2.09. The summed E-state index contributed by atoms with van der Waals surface area (Å²) in [5.74, 6) is 0.547. The molecule has 0 atom stereocenters. The summed E-state index contributed by atoms with van der Waals surface area (Å²) in [6, 6.07) is 5.03. The van der Waals surface area contributed by atoms with E-state index in [2.05, 4.69) is 5.32 Å². The number of halogens is 3. The van der Waals surface area contributed by atoms with Crippen LogP contribution in [0.3, 0.4) is 0 Å². The van der Waals surface area contributed by atoms with Crippen molar-refractivity contribution in [3.63, 3.8) is 0 Å². The van der Waals surface area contributed by atoms with Gasteiger partial charge < -0.3 is 15.8 Å². The highest BCUT2D eigenvalue weighted by Gasteiger charge is 2.27. The van der Waals surface area contributed by atoms with E-state index in [4.69, 9.17) is 10.5 Å². The first kappa shape index (κ1) is 14.8. The van der Waals surface area contributed by atoms with Crippen LogP contribution in [0.15, 0.2) is 18.2 Å². The molecule has 0 unspecified atom stereocenters. The van der Waals surface area contributed by atoms with E-state index in [-0.39, 0.29) is 24.1 Å². The van der Waals surface area contributed by atoms with Gasteiger partial charge in [-0.1, -0.05) is 0 Å². The molecular weight excluding hydrogens is 265 g/mol. The molecule has 0 amide bonds. The van der Waals surface area contributed by atoms with Gasteiger partial charge in [-0.15, -0.1) is 0 Å². The van der Waals surface area contributed by atoms with Crippen molar-refractivity contribution in [1.29, 1.82) is 0 Å². The zero-order valence-corrected chi connectivity index (χ0v) is 10.7. The van der Waals surface area contributed by atoms with Crippen molar-refractivity contribution >= 4 is 23.1 Å². The minimum absolute atomic E-state index is 0.0533. The number of benzene rings is 1. The third-order valence-corrected chi connectivity index (χ3v) is 2.67. The summed E-state index contributed by atoms with van der Waals surface area (Å²) in [6.07, 6.45) is 0. The number of rotatable bonds is 6. The Bertz CT molecular complexity index is 385. The average Bonchev–Trinajstić information content (AvgIpc) is 2.23. The van der Waals surface area contributed by atoms with Crippen LogP contribution < -0.4 is 15.8 Å². The van der Waals surface area contributed by atoms with E-state index in [0.29, 0.717) is 23.7 Å². The number of hydrogen-bond acceptors (Lipinski definition) is 4. The summed E-state index contributed by atoms with van der Waals surface area (Å²) in [4.78, 5) is 0. The molecule has 0 aliphatic heterocycles. The third kappa shape index (κ3) is 5.90. The lowest BCUT2D eigenvalue weighted by atomic mass is 10.2. The second-order valence-corrected chi connectivity index (χ2v) is 4.60. The Balaban J connectivity index is 2.46. The molecule has 18 heavy (non-hydrogen) atoms. The molecule has 3 N–H and O–H groups in total. The summed E-state index contributed by atoms with van der Waals surface area (Å²) in [5.41, 5.74) is 2.63. The minimum Gasteiger partial charge on any atom is -0.494 e. The maximum atomic E-state index is 11.9. The van der Waals surface area contributed by atoms with Gasteiger partial charge in [-0.3, -0.25) is 0 Å².